The van der Waals surface area contributed by atoms with Crippen molar-refractivity contribution in [2.45, 2.75) is 38.5 Å². The second-order valence-corrected chi connectivity index (χ2v) is 10.7. The van der Waals surface area contributed by atoms with Crippen molar-refractivity contribution in [2.24, 2.45) is 0 Å². The highest BCUT2D eigenvalue weighted by molar-refractivity contribution is 7.93. The normalized spacial score (nSPS) is 14.4. The first-order chi connectivity index (χ1) is 13.7. The summed E-state index contributed by atoms with van der Waals surface area (Å²) in [5.74, 6) is 0.317. The maximum Gasteiger partial charge on any atom is 0.265 e. The SMILES string of the molecule is CCOc1ccc(C)cc1S(=O)(=O)Nc1ccc2c(c1)CCCN2S(=O)(=O)CC. The lowest BCUT2D eigenvalue weighted by atomic mass is 10.0. The van der Waals surface area contributed by atoms with Crippen molar-refractivity contribution >= 4 is 31.4 Å². The Kier molecular flexibility index (Phi) is 6.09. The van der Waals surface area contributed by atoms with E-state index in [1.807, 2.05) is 6.92 Å². The highest BCUT2D eigenvalue weighted by Crippen LogP contribution is 2.33. The first-order valence-corrected chi connectivity index (χ1v) is 12.7. The van der Waals surface area contributed by atoms with Crippen molar-refractivity contribution in [3.8, 4) is 5.75 Å². The molecule has 0 saturated carbocycles. The van der Waals surface area contributed by atoms with Gasteiger partial charge in [-0.2, -0.15) is 0 Å². The molecule has 0 atom stereocenters. The van der Waals surface area contributed by atoms with Crippen LogP contribution in [0.1, 0.15) is 31.4 Å². The molecular weight excluding hydrogens is 412 g/mol. The molecule has 0 aliphatic carbocycles. The van der Waals surface area contributed by atoms with Crippen LogP contribution in [0.2, 0.25) is 0 Å². The van der Waals surface area contributed by atoms with Gasteiger partial charge in [0.05, 0.1) is 18.0 Å². The molecule has 0 aromatic heterocycles. The number of sulfonamides is 2. The maximum absolute atomic E-state index is 13.0. The van der Waals surface area contributed by atoms with Gasteiger partial charge in [-0.1, -0.05) is 6.07 Å². The molecule has 2 aromatic rings. The van der Waals surface area contributed by atoms with Gasteiger partial charge in [0.15, 0.2) is 0 Å². The van der Waals surface area contributed by atoms with Crippen molar-refractivity contribution in [2.75, 3.05) is 27.9 Å². The van der Waals surface area contributed by atoms with E-state index in [2.05, 4.69) is 4.72 Å². The third-order valence-electron chi connectivity index (χ3n) is 4.80. The molecule has 29 heavy (non-hydrogen) atoms. The summed E-state index contributed by atoms with van der Waals surface area (Å²) >= 11 is 0. The Morgan fingerprint density at radius 2 is 1.83 bits per heavy atom. The summed E-state index contributed by atoms with van der Waals surface area (Å²) in [6, 6.07) is 9.98. The minimum absolute atomic E-state index is 0.0222. The highest BCUT2D eigenvalue weighted by Gasteiger charge is 2.27. The number of hydrogen-bond acceptors (Lipinski definition) is 5. The molecule has 3 rings (SSSR count). The molecule has 0 fully saturated rings. The molecule has 158 valence electrons. The van der Waals surface area contributed by atoms with Gasteiger partial charge in [0.2, 0.25) is 10.0 Å². The average Bonchev–Trinajstić information content (AvgIpc) is 2.68. The Labute approximate surface area is 172 Å². The Hall–Kier alpha value is -2.26. The number of nitrogens with one attached hydrogen (secondary N) is 1. The molecule has 1 heterocycles. The summed E-state index contributed by atoms with van der Waals surface area (Å²) in [5, 5.41) is 0. The van der Waals surface area contributed by atoms with E-state index in [9.17, 15) is 16.8 Å². The van der Waals surface area contributed by atoms with Gasteiger partial charge in [0.25, 0.3) is 10.0 Å². The third-order valence-corrected chi connectivity index (χ3v) is 7.98. The van der Waals surface area contributed by atoms with E-state index >= 15 is 0 Å². The minimum Gasteiger partial charge on any atom is -0.492 e. The molecule has 0 bridgehead atoms. The number of ether oxygens (including phenoxy) is 1. The van der Waals surface area contributed by atoms with Gasteiger partial charge in [-0.15, -0.1) is 0 Å². The van der Waals surface area contributed by atoms with E-state index in [1.165, 1.54) is 4.31 Å². The Morgan fingerprint density at radius 3 is 2.52 bits per heavy atom. The van der Waals surface area contributed by atoms with Crippen LogP contribution in [-0.2, 0) is 26.5 Å². The number of hydrogen-bond donors (Lipinski definition) is 1. The molecule has 0 radical (unpaired) electrons. The van der Waals surface area contributed by atoms with Gasteiger partial charge in [-0.25, -0.2) is 16.8 Å². The molecule has 1 N–H and O–H groups in total. The van der Waals surface area contributed by atoms with Gasteiger partial charge in [0, 0.05) is 12.2 Å². The van der Waals surface area contributed by atoms with E-state index < -0.39 is 20.0 Å². The van der Waals surface area contributed by atoms with Crippen LogP contribution in [0, 0.1) is 6.92 Å². The summed E-state index contributed by atoms with van der Waals surface area (Å²) in [6.07, 6.45) is 1.38. The monoisotopic (exact) mass is 438 g/mol. The number of anilines is 2. The van der Waals surface area contributed by atoms with E-state index in [0.717, 1.165) is 11.1 Å². The number of rotatable bonds is 7. The molecule has 0 spiro atoms. The topological polar surface area (TPSA) is 92.8 Å². The third kappa shape index (κ3) is 4.51. The maximum atomic E-state index is 13.0. The van der Waals surface area contributed by atoms with Crippen LogP contribution in [0.25, 0.3) is 0 Å². The fourth-order valence-electron chi connectivity index (χ4n) is 3.38. The summed E-state index contributed by atoms with van der Waals surface area (Å²) in [7, 11) is -7.23. The lowest BCUT2D eigenvalue weighted by Crippen LogP contribution is -2.36. The lowest BCUT2D eigenvalue weighted by Gasteiger charge is -2.30. The first kappa shape index (κ1) is 21.4. The highest BCUT2D eigenvalue weighted by atomic mass is 32.2. The smallest absolute Gasteiger partial charge is 0.265 e. The molecule has 1 aliphatic rings. The van der Waals surface area contributed by atoms with Gasteiger partial charge >= 0.3 is 0 Å². The fourth-order valence-corrected chi connectivity index (χ4v) is 5.86. The quantitative estimate of drug-likeness (QED) is 0.716. The van der Waals surface area contributed by atoms with E-state index in [1.54, 1.807) is 50.2 Å². The van der Waals surface area contributed by atoms with E-state index in [0.29, 0.717) is 43.1 Å². The van der Waals surface area contributed by atoms with Gasteiger partial charge < -0.3 is 4.74 Å². The first-order valence-electron chi connectivity index (χ1n) is 9.57. The van der Waals surface area contributed by atoms with Crippen molar-refractivity contribution in [1.82, 2.24) is 0 Å². The zero-order valence-corrected chi connectivity index (χ0v) is 18.4. The predicted molar refractivity (Wildman–Crippen MR) is 115 cm³/mol. The Morgan fingerprint density at radius 1 is 1.07 bits per heavy atom. The summed E-state index contributed by atoms with van der Waals surface area (Å²) in [5.41, 5.74) is 2.62. The second kappa shape index (κ2) is 8.23. The lowest BCUT2D eigenvalue weighted by molar-refractivity contribution is 0.331. The molecule has 0 saturated heterocycles. The van der Waals surface area contributed by atoms with Crippen LogP contribution in [0.15, 0.2) is 41.3 Å². The number of nitrogens with zero attached hydrogens (tertiary/aromatic N) is 1. The Bertz CT molecular complexity index is 1110. The summed E-state index contributed by atoms with van der Waals surface area (Å²) < 4.78 is 60.2. The van der Waals surface area contributed by atoms with Crippen LogP contribution in [0.3, 0.4) is 0 Å². The number of benzene rings is 2. The molecular formula is C20H26N2O5S2. The van der Waals surface area contributed by atoms with Crippen LogP contribution in [-0.4, -0.2) is 35.7 Å². The summed E-state index contributed by atoms with van der Waals surface area (Å²) in [6.45, 7) is 6.02. The number of aryl methyl sites for hydroxylation is 2. The largest absolute Gasteiger partial charge is 0.492 e. The zero-order chi connectivity index (χ0) is 21.2. The summed E-state index contributed by atoms with van der Waals surface area (Å²) in [4.78, 5) is 0.0762. The standard InChI is InChI=1S/C20H26N2O5S2/c1-4-27-19-11-8-15(3)13-20(19)29(25,26)21-17-9-10-18-16(14-17)7-6-12-22(18)28(23,24)5-2/h8-11,13-14,21H,4-7,12H2,1-3H3. The van der Waals surface area contributed by atoms with Crippen LogP contribution >= 0.6 is 0 Å². The molecule has 0 unspecified atom stereocenters. The molecule has 0 amide bonds. The predicted octanol–water partition coefficient (Wildman–Crippen LogP) is 3.30. The van der Waals surface area contributed by atoms with E-state index in [-0.39, 0.29) is 10.6 Å². The van der Waals surface area contributed by atoms with Crippen LogP contribution < -0.4 is 13.8 Å². The van der Waals surface area contributed by atoms with Crippen molar-refractivity contribution in [3.05, 3.63) is 47.5 Å². The van der Waals surface area contributed by atoms with Crippen molar-refractivity contribution in [1.29, 1.82) is 0 Å². The van der Waals surface area contributed by atoms with Crippen LogP contribution in [0.5, 0.6) is 5.75 Å². The Balaban J connectivity index is 1.95. The van der Waals surface area contributed by atoms with Gasteiger partial charge in [-0.3, -0.25) is 9.03 Å². The molecule has 7 nitrogen and oxygen atoms in total. The minimum atomic E-state index is -3.87. The average molecular weight is 439 g/mol. The van der Waals surface area contributed by atoms with Crippen molar-refractivity contribution < 1.29 is 21.6 Å². The van der Waals surface area contributed by atoms with Crippen LogP contribution in [0.4, 0.5) is 11.4 Å². The molecule has 9 heteroatoms. The fraction of sp³-hybridized carbons (Fsp3) is 0.400. The number of fused-ring (bicyclic) bond motifs is 1. The van der Waals surface area contributed by atoms with E-state index in [4.69, 9.17) is 4.74 Å². The van der Waals surface area contributed by atoms with Gasteiger partial charge in [-0.05, 0) is 75.1 Å². The second-order valence-electron chi connectivity index (χ2n) is 6.91. The zero-order valence-electron chi connectivity index (χ0n) is 16.8. The molecule has 1 aliphatic heterocycles. The van der Waals surface area contributed by atoms with Crippen molar-refractivity contribution in [3.63, 3.8) is 0 Å². The molecule has 2 aromatic carbocycles. The van der Waals surface area contributed by atoms with Gasteiger partial charge in [0.1, 0.15) is 10.6 Å².